The van der Waals surface area contributed by atoms with E-state index in [-0.39, 0.29) is 18.6 Å². The van der Waals surface area contributed by atoms with Crippen LogP contribution in [0.3, 0.4) is 0 Å². The molecule has 0 spiro atoms. The molecule has 0 aliphatic heterocycles. The average Bonchev–Trinajstić information content (AvgIpc) is 2.35. The van der Waals surface area contributed by atoms with Crippen LogP contribution in [-0.2, 0) is 15.6 Å². The van der Waals surface area contributed by atoms with Crippen LogP contribution < -0.4 is 15.8 Å². The number of carbonyl (C=O) groups excluding carboxylic acids is 1. The average molecular weight is 314 g/mol. The van der Waals surface area contributed by atoms with Crippen LogP contribution in [0.2, 0.25) is 0 Å². The highest BCUT2D eigenvalue weighted by molar-refractivity contribution is 7.84. The summed E-state index contributed by atoms with van der Waals surface area (Å²) < 4.78 is 16.3. The molecule has 0 aliphatic rings. The lowest BCUT2D eigenvalue weighted by molar-refractivity contribution is -0.123. The maximum absolute atomic E-state index is 11.6. The predicted molar refractivity (Wildman–Crippen MR) is 84.4 cm³/mol. The van der Waals surface area contributed by atoms with Gasteiger partial charge in [0.15, 0.2) is 6.61 Å². The number of amides is 1. The SMILES string of the molecule is CC(CS(C)=O)NC(=O)COc1ccc(C(N)=S)cc1. The Kier molecular flexibility index (Phi) is 6.60. The monoisotopic (exact) mass is 314 g/mol. The second kappa shape index (κ2) is 7.96. The lowest BCUT2D eigenvalue weighted by Crippen LogP contribution is -2.39. The van der Waals surface area contributed by atoms with Crippen molar-refractivity contribution >= 4 is 33.9 Å². The van der Waals surface area contributed by atoms with Crippen LogP contribution in [0.15, 0.2) is 24.3 Å². The number of nitrogens with two attached hydrogens (primary N) is 1. The number of carbonyl (C=O) groups is 1. The molecule has 2 atom stereocenters. The molecule has 110 valence electrons. The van der Waals surface area contributed by atoms with E-state index >= 15 is 0 Å². The molecule has 0 saturated carbocycles. The zero-order chi connectivity index (χ0) is 15.1. The molecule has 7 heteroatoms. The Balaban J connectivity index is 2.40. The van der Waals surface area contributed by atoms with Gasteiger partial charge in [0.1, 0.15) is 10.7 Å². The third-order valence-corrected chi connectivity index (χ3v) is 3.61. The van der Waals surface area contributed by atoms with Gasteiger partial charge >= 0.3 is 0 Å². The number of thiocarbonyl (C=S) groups is 1. The van der Waals surface area contributed by atoms with Gasteiger partial charge in [-0.05, 0) is 31.2 Å². The molecule has 5 nitrogen and oxygen atoms in total. The van der Waals surface area contributed by atoms with Crippen molar-refractivity contribution in [3.05, 3.63) is 29.8 Å². The second-order valence-electron chi connectivity index (χ2n) is 4.39. The summed E-state index contributed by atoms with van der Waals surface area (Å²) in [5, 5.41) is 2.71. The zero-order valence-corrected chi connectivity index (χ0v) is 13.1. The molecule has 0 saturated heterocycles. The van der Waals surface area contributed by atoms with Gasteiger partial charge in [0.2, 0.25) is 0 Å². The normalized spacial score (nSPS) is 13.3. The molecule has 0 fully saturated rings. The van der Waals surface area contributed by atoms with E-state index in [2.05, 4.69) is 5.32 Å². The Bertz CT molecular complexity index is 503. The van der Waals surface area contributed by atoms with Crippen LogP contribution in [0.25, 0.3) is 0 Å². The van der Waals surface area contributed by atoms with Crippen molar-refractivity contribution in [2.75, 3.05) is 18.6 Å². The fourth-order valence-corrected chi connectivity index (χ4v) is 2.50. The Labute approximate surface area is 126 Å². The van der Waals surface area contributed by atoms with Crippen molar-refractivity contribution < 1.29 is 13.7 Å². The van der Waals surface area contributed by atoms with E-state index in [1.165, 1.54) is 0 Å². The minimum atomic E-state index is -0.939. The van der Waals surface area contributed by atoms with Crippen molar-refractivity contribution in [2.24, 2.45) is 5.73 Å². The smallest absolute Gasteiger partial charge is 0.258 e. The van der Waals surface area contributed by atoms with E-state index in [0.717, 1.165) is 5.56 Å². The summed E-state index contributed by atoms with van der Waals surface area (Å²) >= 11 is 4.84. The van der Waals surface area contributed by atoms with Gasteiger partial charge in [-0.15, -0.1) is 0 Å². The van der Waals surface area contributed by atoms with Crippen molar-refractivity contribution in [1.82, 2.24) is 5.32 Å². The van der Waals surface area contributed by atoms with Gasteiger partial charge < -0.3 is 15.8 Å². The Morgan fingerprint density at radius 1 is 1.45 bits per heavy atom. The standard InChI is InChI=1S/C13H18N2O3S2/c1-9(8-20(2)17)15-12(16)7-18-11-5-3-10(4-6-11)13(14)19/h3-6,9H,7-8H2,1-2H3,(H2,14,19)(H,15,16). The van der Waals surface area contributed by atoms with Crippen LogP contribution in [0, 0.1) is 0 Å². The zero-order valence-electron chi connectivity index (χ0n) is 11.4. The van der Waals surface area contributed by atoms with E-state index in [1.54, 1.807) is 37.4 Å². The highest BCUT2D eigenvalue weighted by Gasteiger charge is 2.09. The van der Waals surface area contributed by atoms with Gasteiger partial charge in [-0.25, -0.2) is 0 Å². The third kappa shape index (κ3) is 6.12. The first kappa shape index (κ1) is 16.6. The summed E-state index contributed by atoms with van der Waals surface area (Å²) in [6.07, 6.45) is 1.60. The summed E-state index contributed by atoms with van der Waals surface area (Å²) in [6.45, 7) is 1.71. The number of ether oxygens (including phenoxy) is 1. The minimum Gasteiger partial charge on any atom is -0.484 e. The summed E-state index contributed by atoms with van der Waals surface area (Å²) in [7, 11) is -0.939. The van der Waals surface area contributed by atoms with E-state index in [1.807, 2.05) is 0 Å². The molecular weight excluding hydrogens is 296 g/mol. The molecule has 1 rings (SSSR count). The highest BCUT2D eigenvalue weighted by Crippen LogP contribution is 2.11. The summed E-state index contributed by atoms with van der Waals surface area (Å²) in [6, 6.07) is 6.73. The molecule has 0 bridgehead atoms. The maximum atomic E-state index is 11.6. The van der Waals surface area contributed by atoms with Gasteiger partial charge in [0.25, 0.3) is 5.91 Å². The number of benzene rings is 1. The molecule has 1 aromatic rings. The number of nitrogens with one attached hydrogen (secondary N) is 1. The molecule has 0 radical (unpaired) electrons. The van der Waals surface area contributed by atoms with Crippen molar-refractivity contribution in [3.63, 3.8) is 0 Å². The van der Waals surface area contributed by atoms with Crippen molar-refractivity contribution in [3.8, 4) is 5.75 Å². The third-order valence-electron chi connectivity index (χ3n) is 2.40. The van der Waals surface area contributed by atoms with Crippen LogP contribution in [0.1, 0.15) is 12.5 Å². The molecular formula is C13H18N2O3S2. The van der Waals surface area contributed by atoms with Crippen LogP contribution in [0.4, 0.5) is 0 Å². The largest absolute Gasteiger partial charge is 0.484 e. The van der Waals surface area contributed by atoms with E-state index < -0.39 is 10.8 Å². The Morgan fingerprint density at radius 3 is 2.55 bits per heavy atom. The Hall–Kier alpha value is -1.47. The maximum Gasteiger partial charge on any atom is 0.258 e. The van der Waals surface area contributed by atoms with Gasteiger partial charge in [-0.1, -0.05) is 12.2 Å². The topological polar surface area (TPSA) is 81.4 Å². The van der Waals surface area contributed by atoms with Gasteiger partial charge in [0.05, 0.1) is 0 Å². The van der Waals surface area contributed by atoms with E-state index in [9.17, 15) is 9.00 Å². The molecule has 1 aromatic carbocycles. The fourth-order valence-electron chi connectivity index (χ4n) is 1.57. The van der Waals surface area contributed by atoms with Crippen LogP contribution in [-0.4, -0.2) is 39.8 Å². The minimum absolute atomic E-state index is 0.0902. The van der Waals surface area contributed by atoms with E-state index in [4.69, 9.17) is 22.7 Å². The summed E-state index contributed by atoms with van der Waals surface area (Å²) in [4.78, 5) is 11.9. The first-order chi connectivity index (χ1) is 9.38. The number of rotatable bonds is 7. The quantitative estimate of drug-likeness (QED) is 0.720. The number of hydrogen-bond acceptors (Lipinski definition) is 4. The Morgan fingerprint density at radius 2 is 2.05 bits per heavy atom. The predicted octanol–water partition coefficient (Wildman–Crippen LogP) is 0.583. The van der Waals surface area contributed by atoms with Gasteiger partial charge in [-0.3, -0.25) is 9.00 Å². The molecule has 0 aromatic heterocycles. The molecule has 0 aliphatic carbocycles. The molecule has 0 heterocycles. The van der Waals surface area contributed by atoms with Crippen molar-refractivity contribution in [2.45, 2.75) is 13.0 Å². The number of hydrogen-bond donors (Lipinski definition) is 2. The summed E-state index contributed by atoms with van der Waals surface area (Å²) in [5.41, 5.74) is 6.23. The summed E-state index contributed by atoms with van der Waals surface area (Å²) in [5.74, 6) is 0.738. The van der Waals surface area contributed by atoms with Crippen LogP contribution >= 0.6 is 12.2 Å². The molecule has 3 N–H and O–H groups in total. The fraction of sp³-hybridized carbons (Fsp3) is 0.385. The van der Waals surface area contributed by atoms with Gasteiger partial charge in [-0.2, -0.15) is 0 Å². The molecule has 20 heavy (non-hydrogen) atoms. The van der Waals surface area contributed by atoms with E-state index in [0.29, 0.717) is 16.5 Å². The highest BCUT2D eigenvalue weighted by atomic mass is 32.2. The van der Waals surface area contributed by atoms with Crippen LogP contribution in [0.5, 0.6) is 5.75 Å². The molecule has 1 amide bonds. The van der Waals surface area contributed by atoms with Crippen molar-refractivity contribution in [1.29, 1.82) is 0 Å². The first-order valence-corrected chi connectivity index (χ1v) is 8.14. The lowest BCUT2D eigenvalue weighted by Gasteiger charge is -2.13. The molecule has 2 unspecified atom stereocenters. The second-order valence-corrected chi connectivity index (χ2v) is 6.31. The van der Waals surface area contributed by atoms with Gasteiger partial charge in [0, 0.05) is 34.4 Å². The lowest BCUT2D eigenvalue weighted by atomic mass is 10.2. The first-order valence-electron chi connectivity index (χ1n) is 6.00.